The first-order chi connectivity index (χ1) is 22.9. The van der Waals surface area contributed by atoms with E-state index in [1.807, 2.05) is 46.9 Å². The van der Waals surface area contributed by atoms with E-state index in [9.17, 15) is 19.6 Å². The topological polar surface area (TPSA) is 212 Å². The number of fused-ring (bicyclic) bond motifs is 2. The number of benzene rings is 2. The Hall–Kier alpha value is -3.16. The van der Waals surface area contributed by atoms with Gasteiger partial charge in [-0.3, -0.25) is 13.9 Å². The molecule has 3 unspecified atom stereocenters. The van der Waals surface area contributed by atoms with Crippen molar-refractivity contribution in [3.05, 3.63) is 46.3 Å². The predicted octanol–water partition coefficient (Wildman–Crippen LogP) is 3.09. The number of nitrogens with one attached hydrogen (secondary N) is 1. The largest absolute Gasteiger partial charge is 0.479 e. The van der Waals surface area contributed by atoms with Crippen molar-refractivity contribution in [2.75, 3.05) is 32.7 Å². The Bertz CT molecular complexity index is 1850. The summed E-state index contributed by atoms with van der Waals surface area (Å²) in [5, 5.41) is 27.0. The minimum Gasteiger partial charge on any atom is -0.479 e. The Kier molecular flexibility index (Phi) is 10.1. The van der Waals surface area contributed by atoms with Crippen LogP contribution in [0.15, 0.2) is 42.5 Å². The first kappa shape index (κ1) is 34.7. The van der Waals surface area contributed by atoms with Gasteiger partial charge in [0.15, 0.2) is 21.2 Å². The fraction of sp³-hybridized carbons (Fsp3) is 0.467. The number of aromatic nitrogens is 4. The number of carbonyl (C=O) groups excluding carboxylic acids is 1. The summed E-state index contributed by atoms with van der Waals surface area (Å²) in [7, 11) is -2.99. The van der Waals surface area contributed by atoms with Crippen molar-refractivity contribution in [3.63, 3.8) is 0 Å². The molecule has 2 saturated heterocycles. The third kappa shape index (κ3) is 6.96. The first-order valence-electron chi connectivity index (χ1n) is 15.2. The van der Waals surface area contributed by atoms with Crippen molar-refractivity contribution in [1.29, 1.82) is 0 Å². The zero-order chi connectivity index (χ0) is 34.2. The molecule has 16 nitrogen and oxygen atoms in total. The quantitative estimate of drug-likeness (QED) is 0.0744. The summed E-state index contributed by atoms with van der Waals surface area (Å²) in [5.74, 6) is -0.394. The third-order valence-corrected chi connectivity index (χ3v) is 10.6. The predicted molar refractivity (Wildman–Crippen MR) is 180 cm³/mol. The van der Waals surface area contributed by atoms with E-state index in [0.717, 1.165) is 5.39 Å². The van der Waals surface area contributed by atoms with Crippen LogP contribution in [-0.2, 0) is 28.1 Å². The monoisotopic (exact) mass is 798 g/mol. The van der Waals surface area contributed by atoms with E-state index < -0.39 is 50.4 Å². The number of methoxy groups -OCH3 is 1. The lowest BCUT2D eigenvalue weighted by Crippen LogP contribution is -2.45. The number of nitrogens with zero attached hydrogens (tertiary/aromatic N) is 4. The van der Waals surface area contributed by atoms with Gasteiger partial charge in [-0.1, -0.05) is 36.4 Å². The number of hydrogen-bond donors (Lipinski definition) is 4. The molecular formula is C30H36IN6O10P. The van der Waals surface area contributed by atoms with Gasteiger partial charge in [0.1, 0.15) is 35.7 Å². The molecule has 0 spiro atoms. The smallest absolute Gasteiger partial charge is 0.459 e. The molecule has 0 amide bonds. The Morgan fingerprint density at radius 3 is 2.69 bits per heavy atom. The second-order valence-corrected chi connectivity index (χ2v) is 14.3. The maximum atomic E-state index is 14.5. The number of anilines is 1. The van der Waals surface area contributed by atoms with Gasteiger partial charge < -0.3 is 39.4 Å². The van der Waals surface area contributed by atoms with Gasteiger partial charge in [-0.2, -0.15) is 15.1 Å². The number of ether oxygens (including phenoxy) is 4. The Labute approximate surface area is 288 Å². The van der Waals surface area contributed by atoms with Gasteiger partial charge in [0.2, 0.25) is 11.8 Å². The molecule has 258 valence electrons. The van der Waals surface area contributed by atoms with Crippen LogP contribution in [0.2, 0.25) is 0 Å². The molecule has 6 atom stereocenters. The summed E-state index contributed by atoms with van der Waals surface area (Å²) in [6.45, 7) is 3.29. The Morgan fingerprint density at radius 2 is 1.94 bits per heavy atom. The highest BCUT2D eigenvalue weighted by atomic mass is 127. The molecule has 2 fully saturated rings. The lowest BCUT2D eigenvalue weighted by Gasteiger charge is -2.28. The van der Waals surface area contributed by atoms with E-state index in [0.29, 0.717) is 35.3 Å². The number of aliphatic hydroxyl groups is 2. The Balaban J connectivity index is 1.26. The molecule has 4 heterocycles. The number of hydrogen-bond acceptors (Lipinski definition) is 14. The van der Waals surface area contributed by atoms with E-state index in [1.165, 1.54) is 25.5 Å². The van der Waals surface area contributed by atoms with Crippen molar-refractivity contribution in [2.45, 2.75) is 62.9 Å². The maximum absolute atomic E-state index is 14.5. The van der Waals surface area contributed by atoms with Crippen molar-refractivity contribution >= 4 is 64.2 Å². The van der Waals surface area contributed by atoms with Gasteiger partial charge in [0, 0.05) is 40.8 Å². The molecule has 6 rings (SSSR count). The minimum atomic E-state index is -4.40. The number of nitrogen functional groups attached to an aromatic ring is 1. The molecule has 2 aliphatic rings. The van der Waals surface area contributed by atoms with Crippen LogP contribution in [0.3, 0.4) is 0 Å². The summed E-state index contributed by atoms with van der Waals surface area (Å²) in [6.07, 6.45) is -3.24. The number of imidazole rings is 1. The first-order valence-corrected chi connectivity index (χ1v) is 17.8. The minimum absolute atomic E-state index is 0.1000. The van der Waals surface area contributed by atoms with E-state index in [2.05, 4.69) is 20.0 Å². The molecule has 2 aromatic heterocycles. The highest BCUT2D eigenvalue weighted by Gasteiger charge is 2.55. The van der Waals surface area contributed by atoms with Crippen LogP contribution >= 0.6 is 30.3 Å². The number of esters is 1. The van der Waals surface area contributed by atoms with Crippen LogP contribution in [0.4, 0.5) is 5.95 Å². The lowest BCUT2D eigenvalue weighted by molar-refractivity contribution is -0.154. The normalized spacial score (nSPS) is 25.2. The molecule has 0 saturated carbocycles. The molecule has 4 aromatic rings. The SMILES string of the molecule is COc1nc(N)nc2c1nc(I)n2C1O[C@H](COP(=O)(NC(C)C(=O)OC2CCOCC2)Oc2cccc3ccccc23)[C@@H](O)[C@@]1(C)O. The molecule has 0 aliphatic carbocycles. The summed E-state index contributed by atoms with van der Waals surface area (Å²) < 4.78 is 50.6. The molecule has 18 heteroatoms. The van der Waals surface area contributed by atoms with Gasteiger partial charge >= 0.3 is 13.7 Å². The van der Waals surface area contributed by atoms with Crippen LogP contribution in [0.5, 0.6) is 11.6 Å². The zero-order valence-electron chi connectivity index (χ0n) is 26.3. The highest BCUT2D eigenvalue weighted by Crippen LogP contribution is 2.49. The fourth-order valence-electron chi connectivity index (χ4n) is 5.66. The fourth-order valence-corrected chi connectivity index (χ4v) is 7.90. The number of carbonyl (C=O) groups is 1. The van der Waals surface area contributed by atoms with Crippen LogP contribution in [0.1, 0.15) is 32.9 Å². The van der Waals surface area contributed by atoms with E-state index in [-0.39, 0.29) is 34.8 Å². The highest BCUT2D eigenvalue weighted by molar-refractivity contribution is 14.1. The summed E-state index contributed by atoms with van der Waals surface area (Å²) in [5.41, 5.74) is 4.45. The maximum Gasteiger partial charge on any atom is 0.459 e. The van der Waals surface area contributed by atoms with E-state index >= 15 is 0 Å². The van der Waals surface area contributed by atoms with Gasteiger partial charge in [-0.25, -0.2) is 9.55 Å². The van der Waals surface area contributed by atoms with Crippen LogP contribution in [0, 0.1) is 3.83 Å². The average Bonchev–Trinajstić information content (AvgIpc) is 3.50. The van der Waals surface area contributed by atoms with Crippen molar-refractivity contribution < 1.29 is 47.6 Å². The summed E-state index contributed by atoms with van der Waals surface area (Å²) in [4.78, 5) is 25.8. The van der Waals surface area contributed by atoms with Crippen molar-refractivity contribution in [1.82, 2.24) is 24.6 Å². The molecular weight excluding hydrogens is 762 g/mol. The average molecular weight is 799 g/mol. The molecule has 0 radical (unpaired) electrons. The molecule has 48 heavy (non-hydrogen) atoms. The third-order valence-electron chi connectivity index (χ3n) is 8.20. The van der Waals surface area contributed by atoms with Crippen LogP contribution in [0.25, 0.3) is 21.9 Å². The lowest BCUT2D eigenvalue weighted by atomic mass is 9.96. The van der Waals surface area contributed by atoms with Crippen molar-refractivity contribution in [3.8, 4) is 11.6 Å². The van der Waals surface area contributed by atoms with Crippen LogP contribution in [-0.4, -0.2) is 92.6 Å². The molecule has 2 aromatic carbocycles. The second-order valence-electron chi connectivity index (χ2n) is 11.7. The van der Waals surface area contributed by atoms with Gasteiger partial charge in [0.05, 0.1) is 26.9 Å². The summed E-state index contributed by atoms with van der Waals surface area (Å²) >= 11 is 1.93. The zero-order valence-corrected chi connectivity index (χ0v) is 29.4. The number of nitrogens with two attached hydrogens (primary N) is 1. The Morgan fingerprint density at radius 1 is 1.21 bits per heavy atom. The number of halogens is 1. The van der Waals surface area contributed by atoms with Crippen molar-refractivity contribution in [2.24, 2.45) is 0 Å². The number of aliphatic hydroxyl groups excluding tert-OH is 1. The summed E-state index contributed by atoms with van der Waals surface area (Å²) in [6, 6.07) is 11.5. The van der Waals surface area contributed by atoms with Gasteiger partial charge in [-0.05, 0) is 25.3 Å². The standard InChI is InChI=1S/C30H36IN6O10P/c1-16(26(39)45-18-11-13-43-14-12-18)36-48(41,47-20-10-6-8-17-7-4-5-9-19(17)20)44-15-21-23(38)30(2,40)27(46-21)37-24-22(33-28(37)31)25(42-3)35-29(32)34-24/h4-10,16,18,21,23,27,38,40H,11-15H2,1-3H3,(H,36,41)(H2,32,34,35)/t16?,21-,23-,27?,30-,48?/m1/s1. The van der Waals surface area contributed by atoms with Gasteiger partial charge in [0.25, 0.3) is 0 Å². The molecule has 0 bridgehead atoms. The van der Waals surface area contributed by atoms with Crippen LogP contribution < -0.4 is 20.1 Å². The van der Waals surface area contributed by atoms with E-state index in [4.69, 9.17) is 33.7 Å². The molecule has 2 aliphatic heterocycles. The van der Waals surface area contributed by atoms with Gasteiger partial charge in [-0.15, -0.1) is 0 Å². The van der Waals surface area contributed by atoms with E-state index in [1.54, 1.807) is 18.2 Å². The second kappa shape index (κ2) is 14.0. The number of rotatable bonds is 11. The molecule has 5 N–H and O–H groups in total.